The molecule has 0 aromatic heterocycles. The van der Waals surface area contributed by atoms with E-state index in [-0.39, 0.29) is 5.75 Å². The summed E-state index contributed by atoms with van der Waals surface area (Å²) in [6, 6.07) is 6.12. The van der Waals surface area contributed by atoms with Gasteiger partial charge in [-0.15, -0.1) is 0 Å². The van der Waals surface area contributed by atoms with E-state index in [1.807, 2.05) is 13.8 Å². The topological polar surface area (TPSA) is 69.6 Å². The molecule has 0 heterocycles. The number of carbonyl (C=O) groups is 1. The molecule has 0 bridgehead atoms. The number of aromatic hydroxyl groups is 1. The first-order valence-corrected chi connectivity index (χ1v) is 5.39. The van der Waals surface area contributed by atoms with Gasteiger partial charge in [0.15, 0.2) is 0 Å². The van der Waals surface area contributed by atoms with Crippen LogP contribution in [0.3, 0.4) is 0 Å². The van der Waals surface area contributed by atoms with Gasteiger partial charge in [0.25, 0.3) is 0 Å². The van der Waals surface area contributed by atoms with Crippen LogP contribution < -0.4 is 5.32 Å². The number of para-hydroxylation sites is 1. The number of carboxylic acid groups (broad SMARTS) is 1. The van der Waals surface area contributed by atoms with E-state index >= 15 is 0 Å². The number of benzene rings is 1. The summed E-state index contributed by atoms with van der Waals surface area (Å²) >= 11 is 0. The van der Waals surface area contributed by atoms with Crippen LogP contribution in [0.25, 0.3) is 0 Å². The number of rotatable bonds is 5. The minimum absolute atomic E-state index is 0.168. The maximum Gasteiger partial charge on any atom is 0.324 e. The summed E-state index contributed by atoms with van der Waals surface area (Å²) in [5, 5.41) is 21.4. The average Bonchev–Trinajstić information content (AvgIpc) is 2.25. The van der Waals surface area contributed by atoms with Crippen molar-refractivity contribution < 1.29 is 15.0 Å². The summed E-state index contributed by atoms with van der Waals surface area (Å²) in [5.41, 5.74) is 1.61. The standard InChI is InChI=1S/C13H17NO3/c1-9(2)7-11(13(16)17)14-8-10-5-3-4-6-12(10)15/h3-7,11,14-15H,8H2,1-2H3,(H,16,17)/t11-/m1/s1. The van der Waals surface area contributed by atoms with Gasteiger partial charge in [0, 0.05) is 12.1 Å². The molecule has 1 aromatic carbocycles. The third kappa shape index (κ3) is 4.28. The molecule has 1 aromatic rings. The molecule has 4 heteroatoms. The van der Waals surface area contributed by atoms with Gasteiger partial charge < -0.3 is 10.2 Å². The minimum atomic E-state index is -0.929. The fourth-order valence-electron chi connectivity index (χ4n) is 1.43. The monoisotopic (exact) mass is 235 g/mol. The van der Waals surface area contributed by atoms with Crippen molar-refractivity contribution in [3.8, 4) is 5.75 Å². The van der Waals surface area contributed by atoms with Crippen LogP contribution in [0.2, 0.25) is 0 Å². The first-order chi connectivity index (χ1) is 8.00. The predicted molar refractivity (Wildman–Crippen MR) is 65.8 cm³/mol. The van der Waals surface area contributed by atoms with E-state index in [2.05, 4.69) is 5.32 Å². The fraction of sp³-hybridized carbons (Fsp3) is 0.308. The number of hydrogen-bond donors (Lipinski definition) is 3. The molecule has 0 radical (unpaired) electrons. The smallest absolute Gasteiger partial charge is 0.324 e. The third-order valence-electron chi connectivity index (χ3n) is 2.27. The van der Waals surface area contributed by atoms with E-state index in [0.29, 0.717) is 12.1 Å². The maximum atomic E-state index is 11.0. The second-order valence-electron chi connectivity index (χ2n) is 4.07. The number of allylic oxidation sites excluding steroid dienone is 1. The first kappa shape index (κ1) is 13.3. The van der Waals surface area contributed by atoms with E-state index in [0.717, 1.165) is 5.57 Å². The van der Waals surface area contributed by atoms with Crippen molar-refractivity contribution >= 4 is 5.97 Å². The van der Waals surface area contributed by atoms with E-state index in [1.54, 1.807) is 30.3 Å². The van der Waals surface area contributed by atoms with E-state index < -0.39 is 12.0 Å². The molecular formula is C13H17NO3. The Bertz CT molecular complexity index is 422. The van der Waals surface area contributed by atoms with E-state index in [9.17, 15) is 9.90 Å². The molecule has 1 atom stereocenters. The molecule has 92 valence electrons. The van der Waals surface area contributed by atoms with Crippen molar-refractivity contribution in [2.24, 2.45) is 0 Å². The minimum Gasteiger partial charge on any atom is -0.508 e. The van der Waals surface area contributed by atoms with Gasteiger partial charge in [-0.05, 0) is 19.9 Å². The highest BCUT2D eigenvalue weighted by Gasteiger charge is 2.13. The van der Waals surface area contributed by atoms with Crippen molar-refractivity contribution in [2.75, 3.05) is 0 Å². The van der Waals surface area contributed by atoms with Gasteiger partial charge in [-0.3, -0.25) is 10.1 Å². The Morgan fingerprint density at radius 3 is 2.59 bits per heavy atom. The average molecular weight is 235 g/mol. The highest BCUT2D eigenvalue weighted by molar-refractivity contribution is 5.76. The van der Waals surface area contributed by atoms with Crippen LogP contribution in [-0.4, -0.2) is 22.2 Å². The Morgan fingerprint density at radius 1 is 1.41 bits per heavy atom. The van der Waals surface area contributed by atoms with Crippen LogP contribution in [-0.2, 0) is 11.3 Å². The quantitative estimate of drug-likeness (QED) is 0.682. The highest BCUT2D eigenvalue weighted by Crippen LogP contribution is 2.15. The molecule has 0 aliphatic rings. The second kappa shape index (κ2) is 6.06. The van der Waals surface area contributed by atoms with Crippen LogP contribution in [0.5, 0.6) is 5.75 Å². The van der Waals surface area contributed by atoms with Crippen LogP contribution in [0, 0.1) is 0 Å². The SMILES string of the molecule is CC(C)=C[C@@H](NCc1ccccc1O)C(=O)O. The summed E-state index contributed by atoms with van der Waals surface area (Å²) in [6.45, 7) is 4.00. The molecule has 0 saturated carbocycles. The van der Waals surface area contributed by atoms with E-state index in [1.165, 1.54) is 0 Å². The highest BCUT2D eigenvalue weighted by atomic mass is 16.4. The Balaban J connectivity index is 2.68. The molecule has 0 fully saturated rings. The van der Waals surface area contributed by atoms with Crippen LogP contribution >= 0.6 is 0 Å². The lowest BCUT2D eigenvalue weighted by Gasteiger charge is -2.12. The number of carboxylic acids is 1. The summed E-state index contributed by atoms with van der Waals surface area (Å²) in [7, 11) is 0. The normalized spacial score (nSPS) is 11.9. The number of phenolic OH excluding ortho intramolecular Hbond substituents is 1. The summed E-state index contributed by atoms with van der Waals surface area (Å²) in [5.74, 6) is -0.761. The van der Waals surface area contributed by atoms with Gasteiger partial charge in [-0.2, -0.15) is 0 Å². The van der Waals surface area contributed by atoms with Crippen molar-refractivity contribution in [1.82, 2.24) is 5.32 Å². The molecule has 1 rings (SSSR count). The lowest BCUT2D eigenvalue weighted by molar-refractivity contribution is -0.138. The zero-order chi connectivity index (χ0) is 12.8. The lowest BCUT2D eigenvalue weighted by atomic mass is 10.1. The zero-order valence-electron chi connectivity index (χ0n) is 9.97. The third-order valence-corrected chi connectivity index (χ3v) is 2.27. The van der Waals surface area contributed by atoms with Crippen LogP contribution in [0.1, 0.15) is 19.4 Å². The molecule has 17 heavy (non-hydrogen) atoms. The summed E-state index contributed by atoms with van der Waals surface area (Å²) in [6.07, 6.45) is 1.64. The van der Waals surface area contributed by atoms with Gasteiger partial charge in [-0.1, -0.05) is 29.8 Å². The molecule has 4 nitrogen and oxygen atoms in total. The molecule has 0 unspecified atom stereocenters. The zero-order valence-corrected chi connectivity index (χ0v) is 9.97. The Hall–Kier alpha value is -1.81. The van der Waals surface area contributed by atoms with Gasteiger partial charge in [0.1, 0.15) is 11.8 Å². The Labute approximate surface area is 101 Å². The molecule has 0 aliphatic carbocycles. The summed E-state index contributed by atoms with van der Waals surface area (Å²) < 4.78 is 0. The molecule has 0 spiro atoms. The van der Waals surface area contributed by atoms with Crippen molar-refractivity contribution in [2.45, 2.75) is 26.4 Å². The number of phenols is 1. The molecule has 3 N–H and O–H groups in total. The summed E-state index contributed by atoms with van der Waals surface area (Å²) in [4.78, 5) is 11.0. The molecular weight excluding hydrogens is 218 g/mol. The van der Waals surface area contributed by atoms with Crippen LogP contribution in [0.15, 0.2) is 35.9 Å². The molecule has 0 aliphatic heterocycles. The van der Waals surface area contributed by atoms with Gasteiger partial charge >= 0.3 is 5.97 Å². The van der Waals surface area contributed by atoms with E-state index in [4.69, 9.17) is 5.11 Å². The second-order valence-corrected chi connectivity index (χ2v) is 4.07. The Morgan fingerprint density at radius 2 is 2.06 bits per heavy atom. The van der Waals surface area contributed by atoms with Gasteiger partial charge in [0.05, 0.1) is 0 Å². The number of nitrogens with one attached hydrogen (secondary N) is 1. The van der Waals surface area contributed by atoms with Gasteiger partial charge in [-0.25, -0.2) is 0 Å². The number of hydrogen-bond acceptors (Lipinski definition) is 3. The fourth-order valence-corrected chi connectivity index (χ4v) is 1.43. The molecule has 0 saturated heterocycles. The first-order valence-electron chi connectivity index (χ1n) is 5.39. The predicted octanol–water partition coefficient (Wildman–Crippen LogP) is 1.90. The number of aliphatic carboxylic acids is 1. The van der Waals surface area contributed by atoms with Gasteiger partial charge in [0.2, 0.25) is 0 Å². The van der Waals surface area contributed by atoms with Crippen LogP contribution in [0.4, 0.5) is 0 Å². The van der Waals surface area contributed by atoms with Crippen molar-refractivity contribution in [1.29, 1.82) is 0 Å². The largest absolute Gasteiger partial charge is 0.508 e. The van der Waals surface area contributed by atoms with Crippen molar-refractivity contribution in [3.63, 3.8) is 0 Å². The Kier molecular flexibility index (Phi) is 4.72. The molecule has 0 amide bonds. The lowest BCUT2D eigenvalue weighted by Crippen LogP contribution is -2.34. The van der Waals surface area contributed by atoms with Crippen molar-refractivity contribution in [3.05, 3.63) is 41.5 Å². The maximum absolute atomic E-state index is 11.0.